The van der Waals surface area contributed by atoms with Crippen molar-refractivity contribution in [3.63, 3.8) is 0 Å². The maximum Gasteiger partial charge on any atom is 0.319 e. The van der Waals surface area contributed by atoms with Crippen LogP contribution >= 0.6 is 11.8 Å². The van der Waals surface area contributed by atoms with Gasteiger partial charge in [0.05, 0.1) is 5.88 Å². The first kappa shape index (κ1) is 17.1. The van der Waals surface area contributed by atoms with Crippen molar-refractivity contribution < 1.29 is 9.59 Å². The normalized spacial score (nSPS) is 21.5. The number of nitrogens with one attached hydrogen (secondary N) is 2. The highest BCUT2D eigenvalue weighted by Gasteiger charge is 2.35. The van der Waals surface area contributed by atoms with Gasteiger partial charge in [0, 0.05) is 30.7 Å². The Hall–Kier alpha value is -1.76. The second-order valence-electron chi connectivity index (χ2n) is 6.34. The number of aromatic nitrogens is 1. The average molecular weight is 348 g/mol. The van der Waals surface area contributed by atoms with Gasteiger partial charge in [-0.1, -0.05) is 19.3 Å². The molecule has 0 radical (unpaired) electrons. The zero-order chi connectivity index (χ0) is 16.8. The molecule has 130 valence electrons. The number of pyridine rings is 1. The van der Waals surface area contributed by atoms with Gasteiger partial charge in [-0.3, -0.25) is 9.78 Å². The van der Waals surface area contributed by atoms with Crippen LogP contribution in [0.3, 0.4) is 0 Å². The third kappa shape index (κ3) is 4.41. The Morgan fingerprint density at radius 1 is 1.21 bits per heavy atom. The Balaban J connectivity index is 1.52. The highest BCUT2D eigenvalue weighted by atomic mass is 32.2. The van der Waals surface area contributed by atoms with Crippen molar-refractivity contribution in [2.75, 3.05) is 11.6 Å². The van der Waals surface area contributed by atoms with E-state index in [0.717, 1.165) is 18.4 Å². The van der Waals surface area contributed by atoms with Crippen LogP contribution in [0.2, 0.25) is 0 Å². The van der Waals surface area contributed by atoms with Crippen molar-refractivity contribution in [2.24, 2.45) is 0 Å². The molecule has 6 nitrogen and oxygen atoms in total. The van der Waals surface area contributed by atoms with E-state index in [-0.39, 0.29) is 24.0 Å². The molecule has 1 saturated carbocycles. The second kappa shape index (κ2) is 8.37. The molecule has 0 aromatic carbocycles. The number of thioether (sulfide) groups is 1. The topological polar surface area (TPSA) is 74.3 Å². The molecular formula is C17H24N4O2S. The van der Waals surface area contributed by atoms with Crippen molar-refractivity contribution in [2.45, 2.75) is 50.7 Å². The van der Waals surface area contributed by atoms with E-state index < -0.39 is 0 Å². The minimum Gasteiger partial charge on any atom is -0.350 e. The fourth-order valence-corrected chi connectivity index (χ4v) is 4.33. The fourth-order valence-electron chi connectivity index (χ4n) is 3.17. The lowest BCUT2D eigenvalue weighted by Gasteiger charge is -2.28. The van der Waals surface area contributed by atoms with E-state index in [1.165, 1.54) is 19.3 Å². The minimum atomic E-state index is -0.388. The molecule has 0 unspecified atom stereocenters. The van der Waals surface area contributed by atoms with E-state index in [1.54, 1.807) is 29.1 Å². The monoisotopic (exact) mass is 348 g/mol. The van der Waals surface area contributed by atoms with Crippen LogP contribution < -0.4 is 10.6 Å². The van der Waals surface area contributed by atoms with Gasteiger partial charge in [-0.15, -0.1) is 11.8 Å². The summed E-state index contributed by atoms with van der Waals surface area (Å²) in [5.41, 5.74) is 1.00. The molecule has 2 N–H and O–H groups in total. The van der Waals surface area contributed by atoms with Crippen molar-refractivity contribution in [1.29, 1.82) is 0 Å². The van der Waals surface area contributed by atoms with Crippen LogP contribution in [-0.2, 0) is 11.3 Å². The summed E-state index contributed by atoms with van der Waals surface area (Å²) in [5.74, 6) is 1.14. The smallest absolute Gasteiger partial charge is 0.319 e. The van der Waals surface area contributed by atoms with Gasteiger partial charge in [-0.2, -0.15) is 0 Å². The first-order valence-electron chi connectivity index (χ1n) is 8.55. The van der Waals surface area contributed by atoms with Crippen LogP contribution in [0, 0.1) is 0 Å². The Labute approximate surface area is 146 Å². The van der Waals surface area contributed by atoms with Crippen molar-refractivity contribution >= 4 is 23.7 Å². The Morgan fingerprint density at radius 2 is 1.96 bits per heavy atom. The van der Waals surface area contributed by atoms with Crippen LogP contribution in [0.15, 0.2) is 24.5 Å². The molecule has 1 aliphatic heterocycles. The quantitative estimate of drug-likeness (QED) is 0.874. The van der Waals surface area contributed by atoms with Crippen LogP contribution in [0.25, 0.3) is 0 Å². The zero-order valence-electron chi connectivity index (χ0n) is 13.7. The molecule has 1 aromatic rings. The van der Waals surface area contributed by atoms with Gasteiger partial charge in [0.1, 0.15) is 6.04 Å². The summed E-state index contributed by atoms with van der Waals surface area (Å²) in [6.45, 7) is 0.459. The van der Waals surface area contributed by atoms with Crippen LogP contribution in [0.1, 0.15) is 37.7 Å². The number of amides is 3. The van der Waals surface area contributed by atoms with Crippen LogP contribution in [0.4, 0.5) is 4.79 Å². The summed E-state index contributed by atoms with van der Waals surface area (Å²) in [4.78, 5) is 30.6. The Morgan fingerprint density at radius 3 is 2.71 bits per heavy atom. The molecule has 2 aliphatic rings. The van der Waals surface area contributed by atoms with E-state index in [0.29, 0.717) is 18.2 Å². The van der Waals surface area contributed by atoms with Gasteiger partial charge in [-0.05, 0) is 30.5 Å². The number of nitrogens with zero attached hydrogens (tertiary/aromatic N) is 2. The summed E-state index contributed by atoms with van der Waals surface area (Å²) in [5, 5.41) is 6.03. The first-order chi connectivity index (χ1) is 11.7. The van der Waals surface area contributed by atoms with Crippen molar-refractivity contribution in [3.05, 3.63) is 30.1 Å². The first-order valence-corrected chi connectivity index (χ1v) is 9.71. The number of urea groups is 1. The largest absolute Gasteiger partial charge is 0.350 e. The molecule has 3 rings (SSSR count). The third-order valence-corrected chi connectivity index (χ3v) is 5.61. The Kier molecular flexibility index (Phi) is 5.96. The second-order valence-corrected chi connectivity index (χ2v) is 7.34. The van der Waals surface area contributed by atoms with E-state index in [9.17, 15) is 9.59 Å². The lowest BCUT2D eigenvalue weighted by Crippen LogP contribution is -2.52. The zero-order valence-corrected chi connectivity index (χ0v) is 14.6. The van der Waals surface area contributed by atoms with Gasteiger partial charge in [0.25, 0.3) is 0 Å². The maximum absolute atomic E-state index is 12.5. The summed E-state index contributed by atoms with van der Waals surface area (Å²) >= 11 is 1.62. The molecule has 1 aliphatic carbocycles. The SMILES string of the molecule is O=C(NCc1ccncc1)[C@@H]1CSCN1C(=O)NC1CCCCC1. The van der Waals surface area contributed by atoms with Gasteiger partial charge in [-0.25, -0.2) is 4.79 Å². The lowest BCUT2D eigenvalue weighted by atomic mass is 9.96. The highest BCUT2D eigenvalue weighted by Crippen LogP contribution is 2.23. The summed E-state index contributed by atoms with van der Waals surface area (Å²) in [6.07, 6.45) is 9.11. The number of carbonyl (C=O) groups is 2. The molecular weight excluding hydrogens is 324 g/mol. The molecule has 2 heterocycles. The molecule has 24 heavy (non-hydrogen) atoms. The number of hydrogen-bond donors (Lipinski definition) is 2. The molecule has 1 atom stereocenters. The predicted octanol–water partition coefficient (Wildman–Crippen LogP) is 2.11. The summed E-state index contributed by atoms with van der Waals surface area (Å²) in [6, 6.07) is 3.52. The maximum atomic E-state index is 12.5. The summed E-state index contributed by atoms with van der Waals surface area (Å²) < 4.78 is 0. The fraction of sp³-hybridized carbons (Fsp3) is 0.588. The van der Waals surface area contributed by atoms with Crippen LogP contribution in [-0.4, -0.2) is 45.5 Å². The minimum absolute atomic E-state index is 0.0874. The van der Waals surface area contributed by atoms with E-state index >= 15 is 0 Å². The molecule has 3 amide bonds. The van der Waals surface area contributed by atoms with Crippen molar-refractivity contribution in [1.82, 2.24) is 20.5 Å². The van der Waals surface area contributed by atoms with Crippen molar-refractivity contribution in [3.8, 4) is 0 Å². The van der Waals surface area contributed by atoms with E-state index in [1.807, 2.05) is 12.1 Å². The van der Waals surface area contributed by atoms with Gasteiger partial charge in [0.2, 0.25) is 5.91 Å². The number of rotatable bonds is 4. The Bertz CT molecular complexity index is 563. The molecule has 1 aromatic heterocycles. The molecule has 1 saturated heterocycles. The van der Waals surface area contributed by atoms with Gasteiger partial charge < -0.3 is 15.5 Å². The molecule has 0 bridgehead atoms. The molecule has 2 fully saturated rings. The lowest BCUT2D eigenvalue weighted by molar-refractivity contribution is -0.124. The standard InChI is InChI=1S/C17H24N4O2S/c22-16(19-10-13-6-8-18-9-7-13)15-11-24-12-21(15)17(23)20-14-4-2-1-3-5-14/h6-9,14-15H,1-5,10-12H2,(H,19,22)(H,20,23)/t15-/m0/s1. The van der Waals surface area contributed by atoms with E-state index in [4.69, 9.17) is 0 Å². The third-order valence-electron chi connectivity index (χ3n) is 4.59. The average Bonchev–Trinajstić information content (AvgIpc) is 3.11. The highest BCUT2D eigenvalue weighted by molar-refractivity contribution is 7.99. The summed E-state index contributed by atoms with van der Waals surface area (Å²) in [7, 11) is 0. The molecule has 0 spiro atoms. The molecule has 7 heteroatoms. The predicted molar refractivity (Wildman–Crippen MR) is 94.4 cm³/mol. The number of carbonyl (C=O) groups excluding carboxylic acids is 2. The number of hydrogen-bond acceptors (Lipinski definition) is 4. The van der Waals surface area contributed by atoms with Gasteiger partial charge >= 0.3 is 6.03 Å². The van der Waals surface area contributed by atoms with Gasteiger partial charge in [0.15, 0.2) is 0 Å². The van der Waals surface area contributed by atoms with E-state index in [2.05, 4.69) is 15.6 Å². The van der Waals surface area contributed by atoms with Crippen LogP contribution in [0.5, 0.6) is 0 Å².